The van der Waals surface area contributed by atoms with E-state index in [1.807, 2.05) is 52.0 Å². The van der Waals surface area contributed by atoms with Crippen LogP contribution in [0.2, 0.25) is 0 Å². The molecule has 1 atom stereocenters. The number of nitrogens with zero attached hydrogens (tertiary/aromatic N) is 2. The quantitative estimate of drug-likeness (QED) is 0.856. The summed E-state index contributed by atoms with van der Waals surface area (Å²) in [7, 11) is 0. The van der Waals surface area contributed by atoms with Crippen LogP contribution in [0.3, 0.4) is 0 Å². The Morgan fingerprint density at radius 1 is 1.16 bits per heavy atom. The average molecular weight is 360 g/mol. The van der Waals surface area contributed by atoms with Gasteiger partial charge >= 0.3 is 0 Å². The molecule has 1 aromatic heterocycles. The van der Waals surface area contributed by atoms with Crippen molar-refractivity contribution in [2.75, 3.05) is 5.32 Å². The SMILES string of the molecule is Cc1ccc(-c2nnc(NC(=O)[C@H](C)NC(=O)CC(C)(C)C)s2)cc1. The molecule has 7 heteroatoms. The second-order valence-corrected chi connectivity index (χ2v) is 8.27. The summed E-state index contributed by atoms with van der Waals surface area (Å²) in [5.41, 5.74) is 2.00. The number of carbonyl (C=O) groups is 2. The molecule has 1 heterocycles. The van der Waals surface area contributed by atoms with Gasteiger partial charge in [-0.25, -0.2) is 0 Å². The lowest BCUT2D eigenvalue weighted by atomic mass is 9.92. The van der Waals surface area contributed by atoms with Crippen molar-refractivity contribution < 1.29 is 9.59 Å². The summed E-state index contributed by atoms with van der Waals surface area (Å²) in [6.07, 6.45) is 0.362. The number of carbonyl (C=O) groups excluding carboxylic acids is 2. The van der Waals surface area contributed by atoms with E-state index in [1.54, 1.807) is 6.92 Å². The number of rotatable bonds is 5. The normalized spacial score (nSPS) is 12.5. The third-order valence-electron chi connectivity index (χ3n) is 3.42. The molecule has 0 aliphatic rings. The summed E-state index contributed by atoms with van der Waals surface area (Å²) < 4.78 is 0. The van der Waals surface area contributed by atoms with Crippen LogP contribution in [-0.4, -0.2) is 28.1 Å². The van der Waals surface area contributed by atoms with Crippen LogP contribution in [0.1, 0.15) is 39.7 Å². The van der Waals surface area contributed by atoms with Crippen LogP contribution >= 0.6 is 11.3 Å². The predicted octanol–water partition coefficient (Wildman–Crippen LogP) is 3.39. The fourth-order valence-electron chi connectivity index (χ4n) is 2.14. The molecule has 0 spiro atoms. The number of benzene rings is 1. The average Bonchev–Trinajstić information content (AvgIpc) is 2.94. The molecule has 0 aliphatic heterocycles. The van der Waals surface area contributed by atoms with Crippen LogP contribution in [0.25, 0.3) is 10.6 Å². The molecule has 2 N–H and O–H groups in total. The maximum atomic E-state index is 12.2. The van der Waals surface area contributed by atoms with Gasteiger partial charge in [0.15, 0.2) is 0 Å². The van der Waals surface area contributed by atoms with E-state index in [1.165, 1.54) is 16.9 Å². The van der Waals surface area contributed by atoms with E-state index in [0.29, 0.717) is 11.6 Å². The fraction of sp³-hybridized carbons (Fsp3) is 0.444. The van der Waals surface area contributed by atoms with E-state index in [2.05, 4.69) is 20.8 Å². The minimum absolute atomic E-state index is 0.123. The van der Waals surface area contributed by atoms with Crippen molar-refractivity contribution in [2.24, 2.45) is 5.41 Å². The van der Waals surface area contributed by atoms with Gasteiger partial charge in [0, 0.05) is 12.0 Å². The van der Waals surface area contributed by atoms with Gasteiger partial charge in [-0.05, 0) is 19.3 Å². The standard InChI is InChI=1S/C18H24N4O2S/c1-11-6-8-13(9-7-11)16-21-22-17(25-16)20-15(24)12(2)19-14(23)10-18(3,4)5/h6-9,12H,10H2,1-5H3,(H,19,23)(H,20,22,24)/t12-/m0/s1. The molecule has 2 aromatic rings. The van der Waals surface area contributed by atoms with Crippen molar-refractivity contribution in [1.29, 1.82) is 0 Å². The smallest absolute Gasteiger partial charge is 0.248 e. The van der Waals surface area contributed by atoms with Crippen molar-refractivity contribution in [3.8, 4) is 10.6 Å². The molecule has 0 fully saturated rings. The van der Waals surface area contributed by atoms with E-state index < -0.39 is 6.04 Å². The molecule has 0 saturated heterocycles. The number of anilines is 1. The maximum Gasteiger partial charge on any atom is 0.248 e. The lowest BCUT2D eigenvalue weighted by Crippen LogP contribution is -2.42. The predicted molar refractivity (Wildman–Crippen MR) is 100 cm³/mol. The minimum Gasteiger partial charge on any atom is -0.345 e. The Hall–Kier alpha value is -2.28. The van der Waals surface area contributed by atoms with E-state index in [-0.39, 0.29) is 17.2 Å². The third kappa shape index (κ3) is 5.94. The first-order valence-corrected chi connectivity index (χ1v) is 8.96. The molecule has 2 rings (SSSR count). The molecule has 2 amide bonds. The molecule has 0 aliphatic carbocycles. The van der Waals surface area contributed by atoms with E-state index >= 15 is 0 Å². The molecule has 0 saturated carbocycles. The van der Waals surface area contributed by atoms with Gasteiger partial charge in [-0.15, -0.1) is 10.2 Å². The van der Waals surface area contributed by atoms with Crippen LogP contribution in [0.4, 0.5) is 5.13 Å². The largest absolute Gasteiger partial charge is 0.345 e. The molecular formula is C18H24N4O2S. The molecule has 0 bridgehead atoms. The van der Waals surface area contributed by atoms with Gasteiger partial charge in [0.2, 0.25) is 16.9 Å². The second kappa shape index (κ2) is 7.74. The zero-order chi connectivity index (χ0) is 18.6. The fourth-order valence-corrected chi connectivity index (χ4v) is 2.89. The van der Waals surface area contributed by atoms with Gasteiger partial charge in [0.25, 0.3) is 0 Å². The van der Waals surface area contributed by atoms with Crippen LogP contribution in [-0.2, 0) is 9.59 Å². The summed E-state index contributed by atoms with van der Waals surface area (Å²) in [4.78, 5) is 24.1. The van der Waals surface area contributed by atoms with Crippen molar-refractivity contribution >= 4 is 28.3 Å². The Morgan fingerprint density at radius 3 is 2.40 bits per heavy atom. The first kappa shape index (κ1) is 19.1. The van der Waals surface area contributed by atoms with Crippen molar-refractivity contribution in [3.63, 3.8) is 0 Å². The minimum atomic E-state index is -0.637. The van der Waals surface area contributed by atoms with Gasteiger partial charge in [-0.1, -0.05) is 61.9 Å². The number of amides is 2. The van der Waals surface area contributed by atoms with Gasteiger partial charge in [-0.2, -0.15) is 0 Å². The second-order valence-electron chi connectivity index (χ2n) is 7.29. The van der Waals surface area contributed by atoms with Crippen molar-refractivity contribution in [1.82, 2.24) is 15.5 Å². The van der Waals surface area contributed by atoms with Gasteiger partial charge in [-0.3, -0.25) is 14.9 Å². The highest BCUT2D eigenvalue weighted by molar-refractivity contribution is 7.18. The van der Waals surface area contributed by atoms with Gasteiger partial charge in [0.05, 0.1) is 0 Å². The zero-order valence-electron chi connectivity index (χ0n) is 15.2. The number of aryl methyl sites for hydroxylation is 1. The van der Waals surface area contributed by atoms with Crippen LogP contribution in [0.15, 0.2) is 24.3 Å². The Kier molecular flexibility index (Phi) is 5.89. The third-order valence-corrected chi connectivity index (χ3v) is 4.30. The molecular weight excluding hydrogens is 336 g/mol. The molecule has 1 aromatic carbocycles. The highest BCUT2D eigenvalue weighted by atomic mass is 32.1. The Bertz CT molecular complexity index is 747. The first-order chi connectivity index (χ1) is 11.6. The van der Waals surface area contributed by atoms with E-state index in [9.17, 15) is 9.59 Å². The lowest BCUT2D eigenvalue weighted by Gasteiger charge is -2.19. The van der Waals surface area contributed by atoms with Crippen molar-refractivity contribution in [2.45, 2.75) is 47.1 Å². The van der Waals surface area contributed by atoms with E-state index in [4.69, 9.17) is 0 Å². The number of aromatic nitrogens is 2. The monoisotopic (exact) mass is 360 g/mol. The number of hydrogen-bond acceptors (Lipinski definition) is 5. The first-order valence-electron chi connectivity index (χ1n) is 8.15. The topological polar surface area (TPSA) is 84.0 Å². The van der Waals surface area contributed by atoms with Crippen LogP contribution in [0.5, 0.6) is 0 Å². The Labute approximate surface area is 152 Å². The lowest BCUT2D eigenvalue weighted by molar-refractivity contribution is -0.127. The highest BCUT2D eigenvalue weighted by Crippen LogP contribution is 2.26. The van der Waals surface area contributed by atoms with Gasteiger partial charge < -0.3 is 5.32 Å². The molecule has 134 valence electrons. The maximum absolute atomic E-state index is 12.2. The summed E-state index contributed by atoms with van der Waals surface area (Å²) in [5, 5.41) is 14.7. The number of hydrogen-bond donors (Lipinski definition) is 2. The molecule has 6 nitrogen and oxygen atoms in total. The van der Waals surface area contributed by atoms with E-state index in [0.717, 1.165) is 10.6 Å². The summed E-state index contributed by atoms with van der Waals surface area (Å²) in [6, 6.07) is 7.30. The zero-order valence-corrected chi connectivity index (χ0v) is 16.0. The van der Waals surface area contributed by atoms with Crippen LogP contribution < -0.4 is 10.6 Å². The summed E-state index contributed by atoms with van der Waals surface area (Å²) in [5.74, 6) is -0.457. The number of nitrogens with one attached hydrogen (secondary N) is 2. The van der Waals surface area contributed by atoms with Gasteiger partial charge in [0.1, 0.15) is 11.0 Å². The highest BCUT2D eigenvalue weighted by Gasteiger charge is 2.21. The molecule has 0 unspecified atom stereocenters. The molecule has 25 heavy (non-hydrogen) atoms. The summed E-state index contributed by atoms with van der Waals surface area (Å²) in [6.45, 7) is 9.60. The van der Waals surface area contributed by atoms with Crippen LogP contribution in [0, 0.1) is 12.3 Å². The Morgan fingerprint density at radius 2 is 1.80 bits per heavy atom. The van der Waals surface area contributed by atoms with Crippen molar-refractivity contribution in [3.05, 3.63) is 29.8 Å². The molecule has 0 radical (unpaired) electrons. The Balaban J connectivity index is 1.94. The summed E-state index contributed by atoms with van der Waals surface area (Å²) >= 11 is 1.30.